The molecule has 4 aromatic rings. The molecule has 128 valence electrons. The highest BCUT2D eigenvalue weighted by molar-refractivity contribution is 5.95. The van der Waals surface area contributed by atoms with Crippen molar-refractivity contribution >= 4 is 23.2 Å². The summed E-state index contributed by atoms with van der Waals surface area (Å²) in [6.45, 7) is 2.03. The van der Waals surface area contributed by atoms with Crippen molar-refractivity contribution in [2.75, 3.05) is 0 Å². The number of benzene rings is 2. The summed E-state index contributed by atoms with van der Waals surface area (Å²) in [5, 5.41) is 3.87. The van der Waals surface area contributed by atoms with Gasteiger partial charge in [-0.1, -0.05) is 24.3 Å². The summed E-state index contributed by atoms with van der Waals surface area (Å²) in [6.07, 6.45) is 2.99. The van der Waals surface area contributed by atoms with Crippen molar-refractivity contribution in [3.8, 4) is 11.4 Å². The number of nitrogens with zero attached hydrogens (tertiary/aromatic N) is 2. The first-order valence-electron chi connectivity index (χ1n) is 8.13. The lowest BCUT2D eigenvalue weighted by Crippen LogP contribution is -2.17. The second-order valence-electron chi connectivity index (χ2n) is 5.85. The van der Waals surface area contributed by atoms with Crippen LogP contribution in [0, 0.1) is 6.92 Å². The number of carbonyl (C=O) groups excluding carboxylic acids is 1. The Balaban J connectivity index is 1.50. The lowest BCUT2D eigenvalue weighted by Gasteiger charge is -2.01. The molecule has 4 rings (SSSR count). The van der Waals surface area contributed by atoms with Crippen molar-refractivity contribution in [1.29, 1.82) is 0 Å². The minimum atomic E-state index is -0.292. The highest BCUT2D eigenvalue weighted by Gasteiger charge is 2.09. The number of rotatable bonds is 4. The molecule has 0 spiro atoms. The summed E-state index contributed by atoms with van der Waals surface area (Å²) < 4.78 is 5.11. The monoisotopic (exact) mass is 344 g/mol. The molecule has 6 nitrogen and oxygen atoms in total. The average Bonchev–Trinajstić information content (AvgIpc) is 3.32. The number of hydrogen-bond donors (Lipinski definition) is 2. The SMILES string of the molecule is Cc1cccc2[nH]c(-c3ccc(C(=O)N/N=C/c4ccco4)cc3)nc12. The summed E-state index contributed by atoms with van der Waals surface area (Å²) in [5.41, 5.74) is 6.97. The molecular weight excluding hydrogens is 328 g/mol. The van der Waals surface area contributed by atoms with Crippen LogP contribution in [0.1, 0.15) is 21.7 Å². The van der Waals surface area contributed by atoms with Gasteiger partial charge in [0, 0.05) is 11.1 Å². The summed E-state index contributed by atoms with van der Waals surface area (Å²) in [4.78, 5) is 20.1. The van der Waals surface area contributed by atoms with E-state index in [1.54, 1.807) is 30.5 Å². The van der Waals surface area contributed by atoms with Crippen LogP contribution < -0.4 is 5.43 Å². The molecule has 0 fully saturated rings. The van der Waals surface area contributed by atoms with Crippen LogP contribution in [0.5, 0.6) is 0 Å². The number of H-pyrrole nitrogens is 1. The van der Waals surface area contributed by atoms with E-state index in [1.807, 2.05) is 37.3 Å². The maximum absolute atomic E-state index is 12.1. The number of aromatic amines is 1. The molecule has 26 heavy (non-hydrogen) atoms. The van der Waals surface area contributed by atoms with Gasteiger partial charge in [-0.15, -0.1) is 0 Å². The molecule has 2 N–H and O–H groups in total. The third-order valence-corrected chi connectivity index (χ3v) is 4.04. The van der Waals surface area contributed by atoms with Gasteiger partial charge < -0.3 is 9.40 Å². The van der Waals surface area contributed by atoms with Crippen LogP contribution >= 0.6 is 0 Å². The largest absolute Gasteiger partial charge is 0.463 e. The molecule has 0 unspecified atom stereocenters. The van der Waals surface area contributed by atoms with Crippen molar-refractivity contribution in [3.05, 3.63) is 77.7 Å². The fourth-order valence-corrected chi connectivity index (χ4v) is 2.68. The van der Waals surface area contributed by atoms with Gasteiger partial charge in [-0.05, 0) is 42.8 Å². The molecule has 0 atom stereocenters. The number of furan rings is 1. The predicted molar refractivity (Wildman–Crippen MR) is 100 cm³/mol. The Morgan fingerprint density at radius 3 is 2.73 bits per heavy atom. The van der Waals surface area contributed by atoms with Crippen LogP contribution in [-0.2, 0) is 0 Å². The molecule has 0 aliphatic carbocycles. The van der Waals surface area contributed by atoms with E-state index >= 15 is 0 Å². The van der Waals surface area contributed by atoms with Gasteiger partial charge >= 0.3 is 0 Å². The first-order valence-corrected chi connectivity index (χ1v) is 8.13. The van der Waals surface area contributed by atoms with Gasteiger partial charge in [0.25, 0.3) is 5.91 Å². The second kappa shape index (κ2) is 6.68. The van der Waals surface area contributed by atoms with Crippen molar-refractivity contribution < 1.29 is 9.21 Å². The molecule has 6 heteroatoms. The number of aromatic nitrogens is 2. The Kier molecular flexibility index (Phi) is 4.07. The molecule has 0 saturated heterocycles. The van der Waals surface area contributed by atoms with Crippen LogP contribution in [0.25, 0.3) is 22.4 Å². The molecule has 0 radical (unpaired) electrons. The third-order valence-electron chi connectivity index (χ3n) is 4.04. The zero-order chi connectivity index (χ0) is 17.9. The van der Waals surface area contributed by atoms with Gasteiger partial charge in [0.05, 0.1) is 23.5 Å². The van der Waals surface area contributed by atoms with Gasteiger partial charge in [0.2, 0.25) is 0 Å². The predicted octanol–water partition coefficient (Wildman–Crippen LogP) is 3.90. The van der Waals surface area contributed by atoms with Crippen molar-refractivity contribution in [3.63, 3.8) is 0 Å². The maximum atomic E-state index is 12.1. The number of para-hydroxylation sites is 1. The maximum Gasteiger partial charge on any atom is 0.271 e. The van der Waals surface area contributed by atoms with E-state index in [-0.39, 0.29) is 5.91 Å². The van der Waals surface area contributed by atoms with Gasteiger partial charge in [-0.25, -0.2) is 10.4 Å². The Morgan fingerprint density at radius 1 is 1.15 bits per heavy atom. The van der Waals surface area contributed by atoms with Crippen molar-refractivity contribution in [2.24, 2.45) is 5.10 Å². The Hall–Kier alpha value is -3.67. The van der Waals surface area contributed by atoms with Crippen LogP contribution in [0.3, 0.4) is 0 Å². The molecule has 0 aliphatic rings. The lowest BCUT2D eigenvalue weighted by atomic mass is 10.1. The van der Waals surface area contributed by atoms with E-state index in [0.717, 1.165) is 28.0 Å². The molecular formula is C20H16N4O2. The summed E-state index contributed by atoms with van der Waals surface area (Å²) in [6, 6.07) is 16.7. The minimum Gasteiger partial charge on any atom is -0.463 e. The summed E-state index contributed by atoms with van der Waals surface area (Å²) in [5.74, 6) is 1.05. The quantitative estimate of drug-likeness (QED) is 0.435. The molecule has 1 amide bonds. The number of hydrazone groups is 1. The van der Waals surface area contributed by atoms with Crippen LogP contribution in [0.4, 0.5) is 0 Å². The van der Waals surface area contributed by atoms with E-state index in [9.17, 15) is 4.79 Å². The van der Waals surface area contributed by atoms with Gasteiger partial charge in [-0.3, -0.25) is 4.79 Å². The van der Waals surface area contributed by atoms with E-state index in [0.29, 0.717) is 11.3 Å². The van der Waals surface area contributed by atoms with Gasteiger partial charge in [0.15, 0.2) is 0 Å². The lowest BCUT2D eigenvalue weighted by molar-refractivity contribution is 0.0955. The smallest absolute Gasteiger partial charge is 0.271 e. The Bertz CT molecular complexity index is 1080. The van der Waals surface area contributed by atoms with Crippen molar-refractivity contribution in [1.82, 2.24) is 15.4 Å². The number of aryl methyl sites for hydroxylation is 1. The first-order chi connectivity index (χ1) is 12.7. The van der Waals surface area contributed by atoms with Crippen LogP contribution in [0.2, 0.25) is 0 Å². The topological polar surface area (TPSA) is 83.3 Å². The van der Waals surface area contributed by atoms with E-state index < -0.39 is 0 Å². The average molecular weight is 344 g/mol. The van der Waals surface area contributed by atoms with Crippen LogP contribution in [-0.4, -0.2) is 22.1 Å². The Morgan fingerprint density at radius 2 is 2.00 bits per heavy atom. The molecule has 0 aliphatic heterocycles. The second-order valence-corrected chi connectivity index (χ2v) is 5.85. The van der Waals surface area contributed by atoms with E-state index in [1.165, 1.54) is 6.21 Å². The van der Waals surface area contributed by atoms with Crippen molar-refractivity contribution in [2.45, 2.75) is 6.92 Å². The number of fused-ring (bicyclic) bond motifs is 1. The standard InChI is InChI=1S/C20H16N4O2/c1-13-4-2-6-17-18(13)23-19(22-17)14-7-9-15(10-8-14)20(25)24-21-12-16-5-3-11-26-16/h2-12H,1H3,(H,22,23)(H,24,25)/b21-12+. The first kappa shape index (κ1) is 15.8. The number of amides is 1. The van der Waals surface area contributed by atoms with E-state index in [4.69, 9.17) is 4.42 Å². The normalized spacial score (nSPS) is 11.3. The zero-order valence-corrected chi connectivity index (χ0v) is 14.1. The molecule has 2 aromatic carbocycles. The number of hydrogen-bond acceptors (Lipinski definition) is 4. The Labute approximate surface area is 149 Å². The van der Waals surface area contributed by atoms with Gasteiger partial charge in [0.1, 0.15) is 11.6 Å². The highest BCUT2D eigenvalue weighted by atomic mass is 16.3. The zero-order valence-electron chi connectivity index (χ0n) is 14.1. The summed E-state index contributed by atoms with van der Waals surface area (Å²) in [7, 11) is 0. The van der Waals surface area contributed by atoms with E-state index in [2.05, 4.69) is 20.5 Å². The fraction of sp³-hybridized carbons (Fsp3) is 0.0500. The number of carbonyl (C=O) groups is 1. The third kappa shape index (κ3) is 3.12. The van der Waals surface area contributed by atoms with Gasteiger partial charge in [-0.2, -0.15) is 5.10 Å². The number of imidazole rings is 1. The highest BCUT2D eigenvalue weighted by Crippen LogP contribution is 2.22. The molecule has 2 aromatic heterocycles. The fourth-order valence-electron chi connectivity index (χ4n) is 2.68. The molecule has 0 saturated carbocycles. The molecule has 2 heterocycles. The van der Waals surface area contributed by atoms with Crippen LogP contribution in [0.15, 0.2) is 70.4 Å². The molecule has 0 bridgehead atoms. The summed E-state index contributed by atoms with van der Waals surface area (Å²) >= 11 is 0. The minimum absolute atomic E-state index is 0.292. The number of nitrogens with one attached hydrogen (secondary N) is 2.